The number of carbonyl (C=O) groups is 3. The van der Waals surface area contributed by atoms with Gasteiger partial charge in [-0.25, -0.2) is 9.18 Å². The van der Waals surface area contributed by atoms with Crippen molar-refractivity contribution in [1.29, 1.82) is 0 Å². The number of halogens is 1. The van der Waals surface area contributed by atoms with Gasteiger partial charge in [0.15, 0.2) is 0 Å². The fourth-order valence-corrected chi connectivity index (χ4v) is 3.36. The molecule has 1 N–H and O–H groups in total. The Morgan fingerprint density at radius 3 is 2.55 bits per heavy atom. The summed E-state index contributed by atoms with van der Waals surface area (Å²) in [4.78, 5) is 39.8. The third kappa shape index (κ3) is 4.34. The number of allylic oxidation sites excluding steroid dienone is 1. The van der Waals surface area contributed by atoms with Gasteiger partial charge in [0.1, 0.15) is 5.82 Å². The number of carbonyl (C=O) groups excluding carboxylic acids is 3. The number of amides is 2. The van der Waals surface area contributed by atoms with Gasteiger partial charge in [-0.15, -0.1) is 0 Å². The summed E-state index contributed by atoms with van der Waals surface area (Å²) in [6.07, 6.45) is -0.207. The fraction of sp³-hybridized carbons (Fsp3) is 0.227. The SMILES string of the molecule is CCOC(=O)C1=C(C)N(c2ccccc2)C(=O)C[C@@H]1C(=O)Nc1cccc(F)c1. The van der Waals surface area contributed by atoms with Crippen molar-refractivity contribution in [2.75, 3.05) is 16.8 Å². The van der Waals surface area contributed by atoms with Crippen LogP contribution < -0.4 is 10.2 Å². The van der Waals surface area contributed by atoms with E-state index in [4.69, 9.17) is 4.74 Å². The van der Waals surface area contributed by atoms with Gasteiger partial charge in [-0.1, -0.05) is 24.3 Å². The van der Waals surface area contributed by atoms with Gasteiger partial charge in [-0.3, -0.25) is 14.5 Å². The maximum atomic E-state index is 13.4. The summed E-state index contributed by atoms with van der Waals surface area (Å²) in [5.74, 6) is -3.09. The van der Waals surface area contributed by atoms with Crippen LogP contribution in [0.5, 0.6) is 0 Å². The molecule has 0 aliphatic carbocycles. The molecule has 0 aromatic heterocycles. The molecule has 2 amide bonds. The Labute approximate surface area is 168 Å². The first-order chi connectivity index (χ1) is 13.9. The van der Waals surface area contributed by atoms with Gasteiger partial charge in [-0.2, -0.15) is 0 Å². The molecule has 1 aliphatic rings. The molecule has 1 atom stereocenters. The van der Waals surface area contributed by atoms with E-state index < -0.39 is 23.6 Å². The third-order valence-electron chi connectivity index (χ3n) is 4.62. The molecule has 0 spiro atoms. The van der Waals surface area contributed by atoms with Gasteiger partial charge >= 0.3 is 5.97 Å². The average Bonchev–Trinajstić information content (AvgIpc) is 2.68. The summed E-state index contributed by atoms with van der Waals surface area (Å²) < 4.78 is 18.6. The van der Waals surface area contributed by atoms with Crippen LogP contribution >= 0.6 is 0 Å². The highest BCUT2D eigenvalue weighted by molar-refractivity contribution is 6.10. The normalized spacial score (nSPS) is 16.6. The van der Waals surface area contributed by atoms with Crippen molar-refractivity contribution >= 4 is 29.2 Å². The Bertz CT molecular complexity index is 972. The molecular formula is C22H21FN2O4. The Kier molecular flexibility index (Phi) is 6.07. The van der Waals surface area contributed by atoms with E-state index in [0.29, 0.717) is 11.4 Å². The molecule has 1 aliphatic heterocycles. The number of rotatable bonds is 5. The quantitative estimate of drug-likeness (QED) is 0.783. The van der Waals surface area contributed by atoms with E-state index in [9.17, 15) is 18.8 Å². The number of esters is 1. The summed E-state index contributed by atoms with van der Waals surface area (Å²) in [5, 5.41) is 2.58. The molecule has 2 aromatic rings. The van der Waals surface area contributed by atoms with Gasteiger partial charge in [0.2, 0.25) is 11.8 Å². The molecule has 2 aromatic carbocycles. The van der Waals surface area contributed by atoms with Gasteiger partial charge in [-0.05, 0) is 44.2 Å². The lowest BCUT2D eigenvalue weighted by Crippen LogP contribution is -2.43. The number of para-hydroxylation sites is 1. The standard InChI is InChI=1S/C22H21FN2O4/c1-3-29-22(28)20-14(2)25(17-10-5-4-6-11-17)19(26)13-18(20)21(27)24-16-9-7-8-15(23)12-16/h4-12,18H,3,13H2,1-2H3,(H,24,27)/t18-/m0/s1. The van der Waals surface area contributed by atoms with Crippen molar-refractivity contribution < 1.29 is 23.5 Å². The molecule has 29 heavy (non-hydrogen) atoms. The molecule has 150 valence electrons. The summed E-state index contributed by atoms with van der Waals surface area (Å²) in [6, 6.07) is 14.3. The Balaban J connectivity index is 1.99. The minimum Gasteiger partial charge on any atom is -0.463 e. The Morgan fingerprint density at radius 2 is 1.90 bits per heavy atom. The predicted octanol–water partition coefficient (Wildman–Crippen LogP) is 3.65. The van der Waals surface area contributed by atoms with Crippen molar-refractivity contribution in [2.45, 2.75) is 20.3 Å². The van der Waals surface area contributed by atoms with Gasteiger partial charge in [0, 0.05) is 23.5 Å². The van der Waals surface area contributed by atoms with Crippen LogP contribution in [0.25, 0.3) is 0 Å². The van der Waals surface area contributed by atoms with E-state index in [1.165, 1.54) is 29.2 Å². The van der Waals surface area contributed by atoms with Crippen LogP contribution in [0, 0.1) is 11.7 Å². The van der Waals surface area contributed by atoms with Gasteiger partial charge in [0.05, 0.1) is 18.1 Å². The highest BCUT2D eigenvalue weighted by Gasteiger charge is 2.40. The second-order valence-corrected chi connectivity index (χ2v) is 6.54. The second kappa shape index (κ2) is 8.68. The van der Waals surface area contributed by atoms with E-state index in [-0.39, 0.29) is 30.2 Å². The molecular weight excluding hydrogens is 375 g/mol. The summed E-state index contributed by atoms with van der Waals surface area (Å²) in [6.45, 7) is 3.41. The van der Waals surface area contributed by atoms with Crippen molar-refractivity contribution in [2.24, 2.45) is 5.92 Å². The van der Waals surface area contributed by atoms with E-state index in [1.54, 1.807) is 38.1 Å². The summed E-state index contributed by atoms with van der Waals surface area (Å²) in [7, 11) is 0. The molecule has 3 rings (SSSR count). The van der Waals surface area contributed by atoms with E-state index in [1.807, 2.05) is 6.07 Å². The van der Waals surface area contributed by atoms with Crippen LogP contribution in [0.15, 0.2) is 65.9 Å². The number of benzene rings is 2. The largest absolute Gasteiger partial charge is 0.463 e. The predicted molar refractivity (Wildman–Crippen MR) is 106 cm³/mol. The summed E-state index contributed by atoms with van der Waals surface area (Å²) >= 11 is 0. The average molecular weight is 396 g/mol. The van der Waals surface area contributed by atoms with E-state index in [2.05, 4.69) is 5.32 Å². The van der Waals surface area contributed by atoms with Crippen molar-refractivity contribution in [1.82, 2.24) is 0 Å². The zero-order chi connectivity index (χ0) is 21.0. The molecule has 0 radical (unpaired) electrons. The number of hydrogen-bond donors (Lipinski definition) is 1. The number of hydrogen-bond acceptors (Lipinski definition) is 4. The number of anilines is 2. The van der Waals surface area contributed by atoms with Gasteiger partial charge < -0.3 is 10.1 Å². The van der Waals surface area contributed by atoms with Crippen LogP contribution in [0.2, 0.25) is 0 Å². The summed E-state index contributed by atoms with van der Waals surface area (Å²) in [5.41, 5.74) is 1.30. The second-order valence-electron chi connectivity index (χ2n) is 6.54. The Hall–Kier alpha value is -3.48. The zero-order valence-corrected chi connectivity index (χ0v) is 16.1. The molecule has 0 fully saturated rings. The lowest BCUT2D eigenvalue weighted by Gasteiger charge is -2.33. The molecule has 0 saturated heterocycles. The zero-order valence-electron chi connectivity index (χ0n) is 16.1. The molecule has 1 heterocycles. The molecule has 0 unspecified atom stereocenters. The van der Waals surface area contributed by atoms with Crippen LogP contribution in [-0.4, -0.2) is 24.4 Å². The fourth-order valence-electron chi connectivity index (χ4n) is 3.36. The minimum absolute atomic E-state index is 0.115. The van der Waals surface area contributed by atoms with Crippen LogP contribution in [0.1, 0.15) is 20.3 Å². The topological polar surface area (TPSA) is 75.7 Å². The molecule has 6 nitrogen and oxygen atoms in total. The Morgan fingerprint density at radius 1 is 1.17 bits per heavy atom. The number of nitrogens with zero attached hydrogens (tertiary/aromatic N) is 1. The maximum Gasteiger partial charge on any atom is 0.336 e. The minimum atomic E-state index is -1.04. The lowest BCUT2D eigenvalue weighted by molar-refractivity contribution is -0.141. The smallest absolute Gasteiger partial charge is 0.336 e. The highest BCUT2D eigenvalue weighted by Crippen LogP contribution is 2.34. The van der Waals surface area contributed by atoms with Gasteiger partial charge in [0.25, 0.3) is 0 Å². The molecule has 0 saturated carbocycles. The first kappa shape index (κ1) is 20.3. The first-order valence-electron chi connectivity index (χ1n) is 9.24. The van der Waals surface area contributed by atoms with Crippen molar-refractivity contribution in [3.63, 3.8) is 0 Å². The van der Waals surface area contributed by atoms with Crippen molar-refractivity contribution in [3.05, 3.63) is 71.7 Å². The van der Waals surface area contributed by atoms with Crippen LogP contribution in [-0.2, 0) is 19.1 Å². The molecule has 0 bridgehead atoms. The number of nitrogens with one attached hydrogen (secondary N) is 1. The number of ether oxygens (including phenoxy) is 1. The van der Waals surface area contributed by atoms with Crippen molar-refractivity contribution in [3.8, 4) is 0 Å². The highest BCUT2D eigenvalue weighted by atomic mass is 19.1. The van der Waals surface area contributed by atoms with Crippen LogP contribution in [0.3, 0.4) is 0 Å². The van der Waals surface area contributed by atoms with Crippen LogP contribution in [0.4, 0.5) is 15.8 Å². The third-order valence-corrected chi connectivity index (χ3v) is 4.62. The monoisotopic (exact) mass is 396 g/mol. The lowest BCUT2D eigenvalue weighted by atomic mass is 9.88. The maximum absolute atomic E-state index is 13.4. The first-order valence-corrected chi connectivity index (χ1v) is 9.24. The van der Waals surface area contributed by atoms with E-state index >= 15 is 0 Å². The molecule has 7 heteroatoms. The van der Waals surface area contributed by atoms with E-state index in [0.717, 1.165) is 0 Å².